The van der Waals surface area contributed by atoms with Crippen molar-refractivity contribution >= 4 is 96.1 Å². The number of halogens is 1. The van der Waals surface area contributed by atoms with Crippen molar-refractivity contribution in [3.63, 3.8) is 0 Å². The van der Waals surface area contributed by atoms with E-state index in [1.807, 2.05) is 237 Å². The Balaban J connectivity index is 0.000000132. The summed E-state index contributed by atoms with van der Waals surface area (Å²) >= 11 is 0. The van der Waals surface area contributed by atoms with Gasteiger partial charge in [0.05, 0.1) is 75.5 Å². The molecule has 28 heteroatoms. The third kappa shape index (κ3) is 26.8. The molecule has 14 aromatic carbocycles. The molecule has 0 amide bonds. The number of carbonyl (C=O) groups is 5. The Hall–Kier alpha value is -18.4. The lowest BCUT2D eigenvalue weighted by atomic mass is 9.97. The molecule has 148 heavy (non-hydrogen) atoms. The predicted octanol–water partition coefficient (Wildman–Crippen LogP) is 23.5. The van der Waals surface area contributed by atoms with Crippen LogP contribution in [0.5, 0.6) is 28.7 Å². The van der Waals surface area contributed by atoms with Crippen molar-refractivity contribution in [2.24, 2.45) is 17.2 Å². The molecule has 0 saturated heterocycles. The van der Waals surface area contributed by atoms with Crippen LogP contribution in [0.1, 0.15) is 84.3 Å². The summed E-state index contributed by atoms with van der Waals surface area (Å²) in [7, 11) is 0. The topological polar surface area (TPSA) is 462 Å². The lowest BCUT2D eigenvalue weighted by molar-refractivity contribution is -0.137. The quantitative estimate of drug-likeness (QED) is 0.0162. The van der Waals surface area contributed by atoms with Gasteiger partial charge in [0.15, 0.2) is 0 Å². The molecule has 20 rings (SSSR count). The highest BCUT2D eigenvalue weighted by molar-refractivity contribution is 5.98. The van der Waals surface area contributed by atoms with E-state index in [-0.39, 0.29) is 51.9 Å². The van der Waals surface area contributed by atoms with Gasteiger partial charge in [0.2, 0.25) is 0 Å². The summed E-state index contributed by atoms with van der Waals surface area (Å²) in [5, 5.41) is 59.6. The standard InChI is InChI=1S/C25H22FNO4.C25H24N2O5.C24H21NO4.2C23H19NO4/c26-14-22(27)18-6-3-5-17(12-18)21-11-16(10-20-8-9-30-25(20)21)15-31-23-7-2-1-4-19(23)13-24(28)29;26-14-20-11-17(5-7-27-20)22-10-16(9-19-12-21(6-8-28)32-25(19)22)15-31-23-4-2-1-3-18(23)13-24(29)30;25-14-16-5-7-18(8-6-16)21-12-17(11-20-9-10-28-24(20)21)15-29-22-4-2-1-3-19(22)13-23(26)27;24-19-6-3-5-16(12-19)20-11-15(10-18-8-9-27-23(18)20)14-28-21-7-2-1-4-17(21)13-22(25)26;24-19-7-5-16(6-8-19)20-12-15(11-18-9-10-27-23(18)20)14-28-21-4-2-1-3-17(21)13-22(25)26/h1-12,22H,13-15,27H2,(H,28,29);1-5,7,9-12,28H,6,8,13-15,26H2,(H,29,30);1-12H,13-15,25H2,(H,26,27);2*1-12H,13-14,24H2,(H,25,26). The number of hydrogen-bond donors (Lipinski definition) is 11. The molecule has 0 aliphatic heterocycles. The molecule has 0 saturated carbocycles. The number of nitrogen functional groups attached to an aromatic ring is 2. The number of ether oxygens (including phenoxy) is 5. The number of hydrogen-bond acceptors (Lipinski definition) is 22. The fraction of sp³-hybridized carbons (Fsp3) is 0.133. The van der Waals surface area contributed by atoms with E-state index in [0.717, 1.165) is 150 Å². The van der Waals surface area contributed by atoms with E-state index in [9.17, 15) is 33.5 Å². The molecule has 0 bridgehead atoms. The van der Waals surface area contributed by atoms with E-state index in [1.54, 1.807) is 116 Å². The number of carboxylic acid groups (broad SMARTS) is 5. The summed E-state index contributed by atoms with van der Waals surface area (Å²) in [6, 6.07) is 99.4. The van der Waals surface area contributed by atoms with Gasteiger partial charge in [-0.2, -0.15) is 0 Å². The Morgan fingerprint density at radius 2 is 0.649 bits per heavy atom. The van der Waals surface area contributed by atoms with Gasteiger partial charge >= 0.3 is 29.8 Å². The van der Waals surface area contributed by atoms with Crippen LogP contribution < -0.4 is 52.4 Å². The summed E-state index contributed by atoms with van der Waals surface area (Å²) < 4.78 is 71.7. The van der Waals surface area contributed by atoms with Crippen LogP contribution in [0.3, 0.4) is 0 Å². The largest absolute Gasteiger partial charge is 0.489 e. The number of aliphatic hydroxyl groups is 1. The van der Waals surface area contributed by atoms with Gasteiger partial charge in [-0.3, -0.25) is 29.0 Å². The second-order valence-corrected chi connectivity index (χ2v) is 34.8. The maximum atomic E-state index is 13.1. The van der Waals surface area contributed by atoms with E-state index < -0.39 is 42.6 Å². The number of carboxylic acids is 5. The number of anilines is 2. The first-order valence-electron chi connectivity index (χ1n) is 47.3. The zero-order chi connectivity index (χ0) is 104. The molecule has 0 aliphatic carbocycles. The van der Waals surface area contributed by atoms with Crippen molar-refractivity contribution in [1.82, 2.24) is 4.98 Å². The lowest BCUT2D eigenvalue weighted by Gasteiger charge is -2.13. The summed E-state index contributed by atoms with van der Waals surface area (Å²) in [4.78, 5) is 59.7. The third-order valence-electron chi connectivity index (χ3n) is 24.1. The molecule has 0 spiro atoms. The number of alkyl halides is 1. The van der Waals surface area contributed by atoms with Crippen molar-refractivity contribution in [1.29, 1.82) is 0 Å². The number of fused-ring (bicyclic) bond motifs is 5. The van der Waals surface area contributed by atoms with E-state index >= 15 is 0 Å². The Morgan fingerprint density at radius 3 is 0.993 bits per heavy atom. The fourth-order valence-electron chi connectivity index (χ4n) is 17.1. The average molecular weight is 1990 g/mol. The molecule has 20 aromatic rings. The first kappa shape index (κ1) is 103. The SMILES string of the molecule is NC(CF)c1cccc(-c2cc(COc3ccccc3CC(=O)O)cc3ccoc23)c1.NCc1cc(-c2cc(COc3ccccc3CC(=O)O)cc3cc(CCO)oc23)ccn1.NCc1ccc(-c2cc(COc3ccccc3CC(=O)O)cc3ccoc23)cc1.Nc1ccc(-c2cc(COc3ccccc3CC(=O)O)cc3ccoc23)cc1.Nc1cccc(-c2cc(COc3ccccc3CC(=O)O)cc3ccoc23)c1. The molecule has 6 heterocycles. The number of pyridine rings is 1. The van der Waals surface area contributed by atoms with E-state index in [4.69, 9.17) is 100.0 Å². The number of aromatic nitrogens is 1. The fourth-order valence-corrected chi connectivity index (χ4v) is 17.1. The number of para-hydroxylation sites is 5. The Morgan fingerprint density at radius 1 is 0.318 bits per heavy atom. The first-order valence-corrected chi connectivity index (χ1v) is 47.3. The number of benzene rings is 14. The summed E-state index contributed by atoms with van der Waals surface area (Å²) in [5.41, 5.74) is 54.2. The molecule has 0 aliphatic rings. The zero-order valence-corrected chi connectivity index (χ0v) is 80.2. The Bertz CT molecular complexity index is 8060. The van der Waals surface area contributed by atoms with Gasteiger partial charge in [0.1, 0.15) is 102 Å². The first-order chi connectivity index (χ1) is 71.9. The van der Waals surface area contributed by atoms with Crippen LogP contribution in [0.2, 0.25) is 0 Å². The zero-order valence-electron chi connectivity index (χ0n) is 80.2. The number of nitrogens with two attached hydrogens (primary N) is 5. The number of rotatable bonds is 36. The highest BCUT2D eigenvalue weighted by Crippen LogP contribution is 2.41. The highest BCUT2D eigenvalue weighted by Gasteiger charge is 2.22. The second kappa shape index (κ2) is 49.1. The molecule has 1 unspecified atom stereocenters. The van der Waals surface area contributed by atoms with Crippen LogP contribution in [0.15, 0.2) is 375 Å². The van der Waals surface area contributed by atoms with E-state index in [2.05, 4.69) is 4.98 Å². The van der Waals surface area contributed by atoms with Gasteiger partial charge in [-0.25, -0.2) is 4.39 Å². The molecule has 6 aromatic heterocycles. The number of aliphatic hydroxyl groups excluding tert-OH is 1. The van der Waals surface area contributed by atoms with E-state index in [0.29, 0.717) is 119 Å². The minimum absolute atomic E-state index is 0.00192. The van der Waals surface area contributed by atoms with E-state index in [1.165, 1.54) is 0 Å². The molecule has 16 N–H and O–H groups in total. The Labute approximate surface area is 849 Å². The summed E-state index contributed by atoms with van der Waals surface area (Å²) in [5.74, 6) is -0.983. The van der Waals surface area contributed by atoms with Crippen molar-refractivity contribution in [2.45, 2.75) is 90.7 Å². The van der Waals surface area contributed by atoms with Crippen LogP contribution >= 0.6 is 0 Å². The van der Waals surface area contributed by atoms with Crippen molar-refractivity contribution in [3.05, 3.63) is 431 Å². The maximum absolute atomic E-state index is 13.1. The van der Waals surface area contributed by atoms with Crippen LogP contribution in [-0.4, -0.2) is 78.8 Å². The van der Waals surface area contributed by atoms with Gasteiger partial charge in [-0.05, 0) is 231 Å². The molecular formula is C120H105FN6O21. The van der Waals surface area contributed by atoms with Gasteiger partial charge < -0.3 is 105 Å². The minimum atomic E-state index is -0.912. The molecule has 27 nitrogen and oxygen atoms in total. The molecule has 0 radical (unpaired) electrons. The number of nitrogens with zero attached hydrogens (tertiary/aromatic N) is 1. The van der Waals surface area contributed by atoms with Crippen LogP contribution in [0.25, 0.3) is 110 Å². The Kier molecular flexibility index (Phi) is 34.0. The van der Waals surface area contributed by atoms with Crippen molar-refractivity contribution < 1.29 is 105 Å². The minimum Gasteiger partial charge on any atom is -0.489 e. The molecule has 748 valence electrons. The van der Waals surface area contributed by atoms with Crippen LogP contribution in [0, 0.1) is 0 Å². The lowest BCUT2D eigenvalue weighted by Crippen LogP contribution is -2.11. The molecule has 1 atom stereocenters. The van der Waals surface area contributed by atoms with Crippen LogP contribution in [0.4, 0.5) is 15.8 Å². The van der Waals surface area contributed by atoms with Crippen molar-refractivity contribution in [3.8, 4) is 84.4 Å². The molecule has 0 fully saturated rings. The van der Waals surface area contributed by atoms with Crippen LogP contribution in [-0.2, 0) is 109 Å². The average Bonchev–Trinajstić information content (AvgIpc) is 1.60. The van der Waals surface area contributed by atoms with Gasteiger partial charge in [0, 0.05) is 120 Å². The predicted molar refractivity (Wildman–Crippen MR) is 565 cm³/mol. The summed E-state index contributed by atoms with van der Waals surface area (Å²) in [6.07, 6.45) is 8.32. The maximum Gasteiger partial charge on any atom is 0.307 e. The number of aliphatic carboxylic acids is 5. The normalized spacial score (nSPS) is 11.2. The smallest absolute Gasteiger partial charge is 0.307 e. The van der Waals surface area contributed by atoms with Crippen molar-refractivity contribution in [2.75, 3.05) is 24.7 Å². The van der Waals surface area contributed by atoms with Gasteiger partial charge in [-0.15, -0.1) is 0 Å². The number of furan rings is 5. The third-order valence-corrected chi connectivity index (χ3v) is 24.1. The van der Waals surface area contributed by atoms with Gasteiger partial charge in [-0.1, -0.05) is 158 Å². The highest BCUT2D eigenvalue weighted by atomic mass is 19.1. The van der Waals surface area contributed by atoms with Gasteiger partial charge in [0.25, 0.3) is 0 Å². The summed E-state index contributed by atoms with van der Waals surface area (Å²) in [6.45, 7) is 1.66. The monoisotopic (exact) mass is 1980 g/mol. The second-order valence-electron chi connectivity index (χ2n) is 34.8. The molecular weight excluding hydrogens is 1880 g/mol.